The van der Waals surface area contributed by atoms with Crippen LogP contribution in [0.3, 0.4) is 0 Å². The van der Waals surface area contributed by atoms with Crippen molar-refractivity contribution in [2.75, 3.05) is 5.32 Å². The minimum absolute atomic E-state index is 0.0260. The molecule has 4 unspecified atom stereocenters. The number of nitrogens with one attached hydrogen (secondary N) is 1. The lowest BCUT2D eigenvalue weighted by Gasteiger charge is -2.40. The highest BCUT2D eigenvalue weighted by Gasteiger charge is 2.55. The van der Waals surface area contributed by atoms with Gasteiger partial charge in [0.05, 0.1) is 15.1 Å². The van der Waals surface area contributed by atoms with Crippen LogP contribution in [0.1, 0.15) is 35.6 Å². The number of aromatic nitrogens is 1. The third-order valence-corrected chi connectivity index (χ3v) is 11.3. The Hall–Kier alpha value is -1.44. The molecule has 1 aliphatic heterocycles. The van der Waals surface area contributed by atoms with Crippen LogP contribution >= 0.6 is 57.9 Å². The van der Waals surface area contributed by atoms with Crippen LogP contribution in [0.15, 0.2) is 52.3 Å². The SMILES string of the molecule is O=C(Cn1c2c(sc1=O)[C@@H](c1cccc(Cl)c1Cl)C1C3CCC(C3)C1S2)Nc1ccc(Cl)cc1. The van der Waals surface area contributed by atoms with Gasteiger partial charge in [-0.2, -0.15) is 0 Å². The molecule has 2 heterocycles. The summed E-state index contributed by atoms with van der Waals surface area (Å²) in [6.45, 7) is -0.0260. The zero-order valence-electron chi connectivity index (χ0n) is 18.0. The molecule has 1 aromatic heterocycles. The van der Waals surface area contributed by atoms with Crippen molar-refractivity contribution in [3.05, 3.63) is 77.6 Å². The number of halogens is 3. The molecule has 2 aliphatic carbocycles. The first-order valence-corrected chi connectivity index (χ1v) is 14.1. The quantitative estimate of drug-likeness (QED) is 0.374. The molecule has 2 aromatic carbocycles. The molecular formula is C25H21Cl3N2O2S2. The van der Waals surface area contributed by atoms with Gasteiger partial charge in [-0.3, -0.25) is 14.2 Å². The smallest absolute Gasteiger partial charge is 0.308 e. The highest BCUT2D eigenvalue weighted by molar-refractivity contribution is 8.00. The number of thiazole rings is 1. The number of carbonyl (C=O) groups is 1. The van der Waals surface area contributed by atoms with Gasteiger partial charge < -0.3 is 5.32 Å². The van der Waals surface area contributed by atoms with Crippen LogP contribution < -0.4 is 10.2 Å². The Balaban J connectivity index is 1.39. The number of nitrogens with zero attached hydrogens (tertiary/aromatic N) is 1. The van der Waals surface area contributed by atoms with E-state index in [2.05, 4.69) is 5.32 Å². The van der Waals surface area contributed by atoms with Crippen LogP contribution in [-0.4, -0.2) is 15.7 Å². The van der Waals surface area contributed by atoms with E-state index in [1.165, 1.54) is 30.6 Å². The van der Waals surface area contributed by atoms with E-state index in [0.29, 0.717) is 43.8 Å². The molecule has 9 heteroatoms. The number of hydrogen-bond donors (Lipinski definition) is 1. The topological polar surface area (TPSA) is 51.1 Å². The number of hydrogen-bond acceptors (Lipinski definition) is 4. The van der Waals surface area contributed by atoms with Gasteiger partial charge in [-0.05, 0) is 72.9 Å². The highest BCUT2D eigenvalue weighted by atomic mass is 35.5. The van der Waals surface area contributed by atoms with Crippen LogP contribution in [0.5, 0.6) is 0 Å². The maximum Gasteiger partial charge on any atom is 0.308 e. The lowest BCUT2D eigenvalue weighted by atomic mass is 9.75. The molecule has 5 atom stereocenters. The number of benzene rings is 2. The molecule has 6 rings (SSSR count). The Morgan fingerprint density at radius 1 is 1.06 bits per heavy atom. The Morgan fingerprint density at radius 3 is 2.62 bits per heavy atom. The second kappa shape index (κ2) is 8.90. The zero-order valence-corrected chi connectivity index (χ0v) is 21.9. The van der Waals surface area contributed by atoms with Crippen molar-refractivity contribution in [1.82, 2.24) is 4.57 Å². The van der Waals surface area contributed by atoms with Crippen molar-refractivity contribution in [3.63, 3.8) is 0 Å². The standard InChI is InChI=1S/C25H21Cl3N2O2S2/c26-14-6-8-15(9-7-14)29-18(31)11-30-24-23(34-25(30)32)20(16-2-1-3-17(27)21(16)28)19-12-4-5-13(10-12)22(19)33-24/h1-3,6-9,12-13,19-20,22H,4-5,10-11H2,(H,29,31)/t12?,13?,19?,20-,22?/m0/s1. The van der Waals surface area contributed by atoms with Gasteiger partial charge in [0, 0.05) is 26.8 Å². The summed E-state index contributed by atoms with van der Waals surface area (Å²) < 4.78 is 1.64. The van der Waals surface area contributed by atoms with Crippen LogP contribution in [0.25, 0.3) is 0 Å². The molecular weight excluding hydrogens is 531 g/mol. The fraction of sp³-hybridized carbons (Fsp3) is 0.360. The minimum atomic E-state index is -0.238. The molecule has 2 fully saturated rings. The maximum atomic E-state index is 13.2. The van der Waals surface area contributed by atoms with Gasteiger partial charge in [-0.1, -0.05) is 58.3 Å². The van der Waals surface area contributed by atoms with E-state index in [0.717, 1.165) is 15.5 Å². The first-order valence-electron chi connectivity index (χ1n) is 11.3. The van der Waals surface area contributed by atoms with Crippen molar-refractivity contribution in [1.29, 1.82) is 0 Å². The van der Waals surface area contributed by atoms with Gasteiger partial charge in [-0.25, -0.2) is 0 Å². The molecule has 4 nitrogen and oxygen atoms in total. The minimum Gasteiger partial charge on any atom is -0.325 e. The lowest BCUT2D eigenvalue weighted by molar-refractivity contribution is -0.116. The molecule has 3 aromatic rings. The normalized spacial score (nSPS) is 26.9. The monoisotopic (exact) mass is 550 g/mol. The zero-order chi connectivity index (χ0) is 23.6. The predicted molar refractivity (Wildman–Crippen MR) is 141 cm³/mol. The fourth-order valence-electron chi connectivity index (χ4n) is 6.07. The Morgan fingerprint density at radius 2 is 1.82 bits per heavy atom. The van der Waals surface area contributed by atoms with E-state index >= 15 is 0 Å². The lowest BCUT2D eigenvalue weighted by Crippen LogP contribution is -2.35. The van der Waals surface area contributed by atoms with Crippen LogP contribution in [-0.2, 0) is 11.3 Å². The fourth-order valence-corrected chi connectivity index (χ4v) is 9.77. The average molecular weight is 552 g/mol. The van der Waals surface area contributed by atoms with Gasteiger partial charge in [0.2, 0.25) is 5.91 Å². The molecule has 1 amide bonds. The molecule has 0 spiro atoms. The second-order valence-corrected chi connectivity index (χ2v) is 12.7. The molecule has 0 saturated heterocycles. The molecule has 1 N–H and O–H groups in total. The van der Waals surface area contributed by atoms with E-state index in [4.69, 9.17) is 34.8 Å². The number of rotatable bonds is 4. The van der Waals surface area contributed by atoms with Gasteiger partial charge in [0.25, 0.3) is 0 Å². The first kappa shape index (κ1) is 23.0. The molecule has 0 radical (unpaired) electrons. The van der Waals surface area contributed by atoms with Crippen LogP contribution in [0, 0.1) is 17.8 Å². The summed E-state index contributed by atoms with van der Waals surface area (Å²) in [5, 5.41) is 5.92. The maximum absolute atomic E-state index is 13.2. The van der Waals surface area contributed by atoms with Gasteiger partial charge in [-0.15, -0.1) is 11.8 Å². The van der Waals surface area contributed by atoms with Crippen molar-refractivity contribution in [2.24, 2.45) is 17.8 Å². The summed E-state index contributed by atoms with van der Waals surface area (Å²) in [5.74, 6) is 1.50. The van der Waals surface area contributed by atoms with Gasteiger partial charge >= 0.3 is 4.87 Å². The van der Waals surface area contributed by atoms with Crippen LogP contribution in [0.4, 0.5) is 5.69 Å². The van der Waals surface area contributed by atoms with E-state index < -0.39 is 0 Å². The molecule has 176 valence electrons. The third-order valence-electron chi connectivity index (χ3n) is 7.44. The predicted octanol–water partition coefficient (Wildman–Crippen LogP) is 7.16. The number of anilines is 1. The Labute approximate surface area is 220 Å². The average Bonchev–Trinajstić information content (AvgIpc) is 3.51. The van der Waals surface area contributed by atoms with E-state index in [9.17, 15) is 9.59 Å². The molecule has 2 saturated carbocycles. The summed E-state index contributed by atoms with van der Waals surface area (Å²) >= 11 is 22.1. The molecule has 3 aliphatic rings. The first-order chi connectivity index (χ1) is 16.4. The Bertz CT molecular complexity index is 1340. The van der Waals surface area contributed by atoms with E-state index in [1.807, 2.05) is 12.1 Å². The molecule has 34 heavy (non-hydrogen) atoms. The van der Waals surface area contributed by atoms with Crippen molar-refractivity contribution < 1.29 is 4.79 Å². The summed E-state index contributed by atoms with van der Waals surface area (Å²) in [6.07, 6.45) is 3.69. The van der Waals surface area contributed by atoms with Crippen LogP contribution in [0.2, 0.25) is 15.1 Å². The van der Waals surface area contributed by atoms with E-state index in [-0.39, 0.29) is 23.2 Å². The van der Waals surface area contributed by atoms with Crippen molar-refractivity contribution >= 4 is 69.5 Å². The second-order valence-electron chi connectivity index (χ2n) is 9.29. The highest BCUT2D eigenvalue weighted by Crippen LogP contribution is 2.64. The number of fused-ring (bicyclic) bond motifs is 6. The summed E-state index contributed by atoms with van der Waals surface area (Å²) in [4.78, 5) is 26.9. The van der Waals surface area contributed by atoms with Crippen molar-refractivity contribution in [2.45, 2.75) is 42.0 Å². The van der Waals surface area contributed by atoms with Gasteiger partial charge in [0.15, 0.2) is 0 Å². The number of thioether (sulfide) groups is 1. The number of carbonyl (C=O) groups excluding carboxylic acids is 1. The van der Waals surface area contributed by atoms with Gasteiger partial charge in [0.1, 0.15) is 6.54 Å². The third kappa shape index (κ3) is 3.82. The van der Waals surface area contributed by atoms with Crippen molar-refractivity contribution in [3.8, 4) is 0 Å². The largest absolute Gasteiger partial charge is 0.325 e. The molecule has 2 bridgehead atoms. The summed E-state index contributed by atoms with van der Waals surface area (Å²) in [7, 11) is 0. The van der Waals surface area contributed by atoms with E-state index in [1.54, 1.807) is 46.7 Å². The Kier molecular flexibility index (Phi) is 6.01. The summed E-state index contributed by atoms with van der Waals surface area (Å²) in [5.41, 5.74) is 1.65. The number of amides is 1. The summed E-state index contributed by atoms with van der Waals surface area (Å²) in [6, 6.07) is 12.7.